The number of esters is 2. The molecule has 0 aliphatic heterocycles. The van der Waals surface area contributed by atoms with Crippen LogP contribution in [-0.2, 0) is 25.7 Å². The van der Waals surface area contributed by atoms with Crippen molar-refractivity contribution >= 4 is 46.4 Å². The molecule has 1 N–H and O–H groups in total. The zero-order valence-corrected chi connectivity index (χ0v) is 18.1. The number of nitrogens with one attached hydrogen (secondary N) is 1. The molecule has 10 heteroatoms. The summed E-state index contributed by atoms with van der Waals surface area (Å²) in [4.78, 5) is 36.6. The number of anilines is 1. The molecule has 0 aliphatic rings. The number of hydrogen-bond acceptors (Lipinski definition) is 9. The van der Waals surface area contributed by atoms with Gasteiger partial charge in [-0.15, -0.1) is 11.8 Å². The predicted octanol–water partition coefficient (Wildman–Crippen LogP) is 3.71. The molecule has 0 bridgehead atoms. The van der Waals surface area contributed by atoms with E-state index in [1.54, 1.807) is 51.1 Å². The summed E-state index contributed by atoms with van der Waals surface area (Å²) < 4.78 is 20.8. The molecule has 31 heavy (non-hydrogen) atoms. The van der Waals surface area contributed by atoms with Gasteiger partial charge >= 0.3 is 11.9 Å². The first-order valence-corrected chi connectivity index (χ1v) is 10.6. The van der Waals surface area contributed by atoms with E-state index in [-0.39, 0.29) is 30.6 Å². The number of benzene rings is 1. The molecular weight excluding hydrogens is 424 g/mol. The van der Waals surface area contributed by atoms with E-state index in [4.69, 9.17) is 18.4 Å². The lowest BCUT2D eigenvalue weighted by atomic mass is 10.1. The molecule has 3 aromatic rings. The topological polar surface area (TPSA) is 121 Å². The van der Waals surface area contributed by atoms with Crippen LogP contribution in [0.15, 0.2) is 39.3 Å². The minimum atomic E-state index is -0.618. The Labute approximate surface area is 182 Å². The molecule has 1 atom stereocenters. The number of para-hydroxylation sites is 1. The third-order valence-corrected chi connectivity index (χ3v) is 5.35. The molecule has 2 heterocycles. The Bertz CT molecular complexity index is 1090. The zero-order valence-electron chi connectivity index (χ0n) is 17.3. The van der Waals surface area contributed by atoms with Gasteiger partial charge in [0, 0.05) is 11.5 Å². The van der Waals surface area contributed by atoms with E-state index >= 15 is 0 Å². The summed E-state index contributed by atoms with van der Waals surface area (Å²) in [5, 5.41) is 6.46. The lowest BCUT2D eigenvalue weighted by Crippen LogP contribution is -2.24. The Morgan fingerprint density at radius 1 is 1.23 bits per heavy atom. The third-order valence-electron chi connectivity index (χ3n) is 4.24. The van der Waals surface area contributed by atoms with Crippen molar-refractivity contribution in [3.8, 4) is 0 Å². The number of amides is 1. The molecule has 2 aromatic heterocycles. The van der Waals surface area contributed by atoms with Gasteiger partial charge in [-0.05, 0) is 26.8 Å². The molecule has 0 unspecified atom stereocenters. The standard InChI is InChI=1S/C21H22N2O7S/c1-4-27-21(26)19-15(14-7-5-6-8-16(14)29-19)10-28-18(24)11-31-13(3)20(25)22-17-9-12(2)30-23-17/h5-9,13H,4,10-11H2,1-3H3,(H,22,23,25)/t13-/m1/s1. The highest BCUT2D eigenvalue weighted by atomic mass is 32.2. The summed E-state index contributed by atoms with van der Waals surface area (Å²) in [6.07, 6.45) is 0. The molecule has 0 saturated heterocycles. The Balaban J connectivity index is 1.56. The highest BCUT2D eigenvalue weighted by molar-refractivity contribution is 8.01. The molecule has 164 valence electrons. The van der Waals surface area contributed by atoms with Crippen molar-refractivity contribution in [3.05, 3.63) is 47.4 Å². The van der Waals surface area contributed by atoms with E-state index in [1.807, 2.05) is 0 Å². The number of thioether (sulfide) groups is 1. The highest BCUT2D eigenvalue weighted by Crippen LogP contribution is 2.27. The Kier molecular flexibility index (Phi) is 7.35. The van der Waals surface area contributed by atoms with Crippen molar-refractivity contribution in [2.24, 2.45) is 0 Å². The Morgan fingerprint density at radius 2 is 2.00 bits per heavy atom. The smallest absolute Gasteiger partial charge is 0.374 e. The van der Waals surface area contributed by atoms with Gasteiger partial charge in [0.2, 0.25) is 11.7 Å². The number of ether oxygens (including phenoxy) is 2. The summed E-state index contributed by atoms with van der Waals surface area (Å²) in [5.41, 5.74) is 0.943. The van der Waals surface area contributed by atoms with Crippen LogP contribution >= 0.6 is 11.8 Å². The Hall–Kier alpha value is -3.27. The first kappa shape index (κ1) is 22.4. The normalized spacial score (nSPS) is 11.8. The molecule has 3 rings (SSSR count). The van der Waals surface area contributed by atoms with E-state index in [0.29, 0.717) is 28.1 Å². The molecule has 0 fully saturated rings. The highest BCUT2D eigenvalue weighted by Gasteiger charge is 2.23. The number of fused-ring (bicyclic) bond motifs is 1. The number of nitrogens with zero attached hydrogens (tertiary/aromatic N) is 1. The van der Waals surface area contributed by atoms with E-state index in [2.05, 4.69) is 10.5 Å². The van der Waals surface area contributed by atoms with Crippen LogP contribution in [0.25, 0.3) is 11.0 Å². The maximum Gasteiger partial charge on any atom is 0.374 e. The summed E-state index contributed by atoms with van der Waals surface area (Å²) in [6, 6.07) is 8.66. The second-order valence-electron chi connectivity index (χ2n) is 6.55. The van der Waals surface area contributed by atoms with Crippen LogP contribution in [0.2, 0.25) is 0 Å². The summed E-state index contributed by atoms with van der Waals surface area (Å²) in [7, 11) is 0. The average molecular weight is 446 g/mol. The van der Waals surface area contributed by atoms with Gasteiger partial charge in [0.15, 0.2) is 5.82 Å². The van der Waals surface area contributed by atoms with Crippen LogP contribution in [0.4, 0.5) is 5.82 Å². The third kappa shape index (κ3) is 5.66. The molecular formula is C21H22N2O7S. The number of aromatic nitrogens is 1. The van der Waals surface area contributed by atoms with Crippen molar-refractivity contribution < 1.29 is 32.8 Å². The van der Waals surface area contributed by atoms with Gasteiger partial charge in [-0.1, -0.05) is 23.4 Å². The zero-order chi connectivity index (χ0) is 22.4. The van der Waals surface area contributed by atoms with Crippen LogP contribution in [0.5, 0.6) is 0 Å². The summed E-state index contributed by atoms with van der Waals surface area (Å²) in [6.45, 7) is 5.12. The lowest BCUT2D eigenvalue weighted by Gasteiger charge is -2.10. The number of carbonyl (C=O) groups excluding carboxylic acids is 3. The van der Waals surface area contributed by atoms with Crippen LogP contribution in [0.3, 0.4) is 0 Å². The summed E-state index contributed by atoms with van der Waals surface area (Å²) >= 11 is 1.12. The summed E-state index contributed by atoms with van der Waals surface area (Å²) in [5.74, 6) is -0.592. The largest absolute Gasteiger partial charge is 0.460 e. The number of hydrogen-bond donors (Lipinski definition) is 1. The van der Waals surface area contributed by atoms with Gasteiger partial charge in [0.25, 0.3) is 0 Å². The molecule has 1 aromatic carbocycles. The van der Waals surface area contributed by atoms with Crippen molar-refractivity contribution in [2.45, 2.75) is 32.6 Å². The van der Waals surface area contributed by atoms with Crippen LogP contribution < -0.4 is 5.32 Å². The molecule has 1 amide bonds. The number of carbonyl (C=O) groups is 3. The first-order valence-electron chi connectivity index (χ1n) is 9.58. The van der Waals surface area contributed by atoms with Gasteiger partial charge in [0.1, 0.15) is 18.0 Å². The van der Waals surface area contributed by atoms with E-state index < -0.39 is 17.2 Å². The molecule has 9 nitrogen and oxygen atoms in total. The van der Waals surface area contributed by atoms with Crippen molar-refractivity contribution in [1.82, 2.24) is 5.16 Å². The maximum absolute atomic E-state index is 12.2. The van der Waals surface area contributed by atoms with Crippen LogP contribution in [0, 0.1) is 6.92 Å². The number of aryl methyl sites for hydroxylation is 1. The first-order chi connectivity index (χ1) is 14.9. The van der Waals surface area contributed by atoms with Crippen LogP contribution in [-0.4, -0.2) is 40.6 Å². The van der Waals surface area contributed by atoms with Gasteiger partial charge in [-0.25, -0.2) is 4.79 Å². The van der Waals surface area contributed by atoms with Crippen molar-refractivity contribution in [1.29, 1.82) is 0 Å². The molecule has 0 radical (unpaired) electrons. The van der Waals surface area contributed by atoms with Gasteiger partial charge < -0.3 is 23.7 Å². The number of furan rings is 1. The van der Waals surface area contributed by atoms with E-state index in [1.165, 1.54) is 0 Å². The van der Waals surface area contributed by atoms with Crippen LogP contribution in [0.1, 0.15) is 35.7 Å². The minimum Gasteiger partial charge on any atom is -0.460 e. The second-order valence-corrected chi connectivity index (χ2v) is 7.88. The quantitative estimate of drug-likeness (QED) is 0.490. The van der Waals surface area contributed by atoms with Gasteiger partial charge in [0.05, 0.1) is 23.2 Å². The van der Waals surface area contributed by atoms with E-state index in [9.17, 15) is 14.4 Å². The molecule has 0 aliphatic carbocycles. The maximum atomic E-state index is 12.2. The minimum absolute atomic E-state index is 0.0131. The van der Waals surface area contributed by atoms with Crippen molar-refractivity contribution in [3.63, 3.8) is 0 Å². The van der Waals surface area contributed by atoms with Crippen molar-refractivity contribution in [2.75, 3.05) is 17.7 Å². The fraction of sp³-hybridized carbons (Fsp3) is 0.333. The Morgan fingerprint density at radius 3 is 2.71 bits per heavy atom. The average Bonchev–Trinajstić information content (AvgIpc) is 3.33. The predicted molar refractivity (Wildman–Crippen MR) is 114 cm³/mol. The lowest BCUT2D eigenvalue weighted by molar-refractivity contribution is -0.141. The molecule has 0 spiro atoms. The second kappa shape index (κ2) is 10.2. The van der Waals surface area contributed by atoms with Gasteiger partial charge in [-0.2, -0.15) is 0 Å². The fourth-order valence-corrected chi connectivity index (χ4v) is 3.40. The number of rotatable bonds is 9. The fourth-order valence-electron chi connectivity index (χ4n) is 2.72. The van der Waals surface area contributed by atoms with Gasteiger partial charge in [-0.3, -0.25) is 9.59 Å². The van der Waals surface area contributed by atoms with E-state index in [0.717, 1.165) is 11.8 Å². The SMILES string of the molecule is CCOC(=O)c1oc2ccccc2c1COC(=O)CS[C@H](C)C(=O)Nc1cc(C)on1. The molecule has 0 saturated carbocycles. The monoisotopic (exact) mass is 446 g/mol.